The van der Waals surface area contributed by atoms with Crippen molar-refractivity contribution in [3.05, 3.63) is 76.9 Å². The molecule has 1 spiro atoms. The number of amides is 2. The summed E-state index contributed by atoms with van der Waals surface area (Å²) in [6.07, 6.45) is -0.426. The van der Waals surface area contributed by atoms with Crippen LogP contribution in [0.2, 0.25) is 0 Å². The van der Waals surface area contributed by atoms with Crippen LogP contribution < -0.4 is 15.4 Å². The Balaban J connectivity index is 1.37. The summed E-state index contributed by atoms with van der Waals surface area (Å²) in [7, 11) is 0. The van der Waals surface area contributed by atoms with Gasteiger partial charge < -0.3 is 19.9 Å². The first-order chi connectivity index (χ1) is 18.6. The van der Waals surface area contributed by atoms with Gasteiger partial charge in [0.15, 0.2) is 12.3 Å². The first-order valence-electron chi connectivity index (χ1n) is 12.0. The number of pyridine rings is 1. The first kappa shape index (κ1) is 24.6. The van der Waals surface area contributed by atoms with E-state index in [4.69, 9.17) is 9.26 Å². The maximum atomic E-state index is 13.6. The Morgan fingerprint density at radius 2 is 2.10 bits per heavy atom. The molecule has 1 aliphatic carbocycles. The van der Waals surface area contributed by atoms with Crippen molar-refractivity contribution in [2.75, 3.05) is 11.9 Å². The van der Waals surface area contributed by atoms with E-state index in [0.29, 0.717) is 24.2 Å². The number of carbonyl (C=O) groups excluding carboxylic acids is 2. The highest BCUT2D eigenvalue weighted by Gasteiger charge is 2.46. The molecule has 39 heavy (non-hydrogen) atoms. The molecule has 0 unspecified atom stereocenters. The molecule has 4 aromatic rings. The number of hydrogen-bond donors (Lipinski definition) is 2. The smallest absolute Gasteiger partial charge is 0.422 e. The number of ether oxygens (including phenoxy) is 1. The van der Waals surface area contributed by atoms with E-state index in [1.807, 2.05) is 13.0 Å². The minimum absolute atomic E-state index is 0.0429. The lowest BCUT2D eigenvalue weighted by atomic mass is 9.89. The van der Waals surface area contributed by atoms with E-state index in [1.54, 1.807) is 24.4 Å². The zero-order valence-corrected chi connectivity index (χ0v) is 20.5. The number of benzene rings is 1. The summed E-state index contributed by atoms with van der Waals surface area (Å²) in [5.41, 5.74) is 2.72. The number of anilines is 1. The highest BCUT2D eigenvalue weighted by atomic mass is 19.4. The molecule has 3 aromatic heterocycles. The maximum absolute atomic E-state index is 13.6. The lowest BCUT2D eigenvalue weighted by molar-refractivity contribution is -0.153. The molecular weight excluding hydrogens is 517 g/mol. The highest BCUT2D eigenvalue weighted by Crippen LogP contribution is 2.44. The third-order valence-corrected chi connectivity index (χ3v) is 6.81. The largest absolute Gasteiger partial charge is 0.484 e. The zero-order valence-electron chi connectivity index (χ0n) is 20.5. The molecular formula is C26H21F3N6O4. The van der Waals surface area contributed by atoms with Crippen molar-refractivity contribution in [3.63, 3.8) is 0 Å². The van der Waals surface area contributed by atoms with Crippen LogP contribution in [-0.4, -0.2) is 44.5 Å². The molecule has 0 radical (unpaired) electrons. The Labute approximate surface area is 219 Å². The quantitative estimate of drug-likeness (QED) is 0.393. The number of carbonyl (C=O) groups is 2. The van der Waals surface area contributed by atoms with Crippen molar-refractivity contribution in [1.82, 2.24) is 25.2 Å². The van der Waals surface area contributed by atoms with E-state index in [2.05, 4.69) is 25.9 Å². The van der Waals surface area contributed by atoms with Gasteiger partial charge in [0.05, 0.1) is 24.0 Å². The molecule has 10 nitrogen and oxygen atoms in total. The molecule has 1 aliphatic heterocycles. The van der Waals surface area contributed by atoms with Crippen molar-refractivity contribution in [1.29, 1.82) is 0 Å². The second kappa shape index (κ2) is 8.96. The van der Waals surface area contributed by atoms with E-state index in [9.17, 15) is 22.8 Å². The first-order valence-corrected chi connectivity index (χ1v) is 12.0. The van der Waals surface area contributed by atoms with Crippen molar-refractivity contribution >= 4 is 17.5 Å². The molecule has 2 amide bonds. The van der Waals surface area contributed by atoms with E-state index < -0.39 is 30.1 Å². The standard InChI is InChI=1S/C26H21F3N6O4/c1-14-2-5-18(30-11-14)20-21(32-23(36)19-7-9-31-39-19)22-24(37)33-25(12-35(22)34-20)8-6-15-10-16(3-4-17(15)25)38-13-26(27,28)29/h2-5,7,9-11H,6,8,12-13H2,1H3,(H,32,36)(H,33,37)/t25-/m1/s1. The molecule has 200 valence electrons. The minimum atomic E-state index is -4.45. The number of fused-ring (bicyclic) bond motifs is 3. The van der Waals surface area contributed by atoms with Gasteiger partial charge in [-0.15, -0.1) is 0 Å². The molecule has 6 rings (SSSR count). The molecule has 0 saturated carbocycles. The summed E-state index contributed by atoms with van der Waals surface area (Å²) >= 11 is 0. The van der Waals surface area contributed by atoms with Crippen molar-refractivity contribution in [2.45, 2.75) is 38.0 Å². The molecule has 13 heteroatoms. The van der Waals surface area contributed by atoms with Gasteiger partial charge >= 0.3 is 6.18 Å². The average molecular weight is 538 g/mol. The number of aromatic nitrogens is 4. The van der Waals surface area contributed by atoms with Crippen molar-refractivity contribution < 1.29 is 32.0 Å². The molecule has 4 heterocycles. The van der Waals surface area contributed by atoms with Crippen LogP contribution in [0.1, 0.15) is 44.2 Å². The maximum Gasteiger partial charge on any atom is 0.422 e. The third kappa shape index (κ3) is 4.49. The van der Waals surface area contributed by atoms with Crippen LogP contribution in [-0.2, 0) is 18.5 Å². The molecule has 2 N–H and O–H groups in total. The van der Waals surface area contributed by atoms with Gasteiger partial charge in [-0.3, -0.25) is 19.3 Å². The second-order valence-corrected chi connectivity index (χ2v) is 9.54. The molecule has 0 saturated heterocycles. The van der Waals surface area contributed by atoms with Crippen LogP contribution in [0.5, 0.6) is 5.75 Å². The number of rotatable bonds is 5. The van der Waals surface area contributed by atoms with Crippen molar-refractivity contribution in [3.8, 4) is 17.1 Å². The average Bonchev–Trinajstić information content (AvgIpc) is 3.62. The van der Waals surface area contributed by atoms with Crippen LogP contribution in [0.4, 0.5) is 18.9 Å². The lowest BCUT2D eigenvalue weighted by Crippen LogP contribution is -2.52. The van der Waals surface area contributed by atoms with Gasteiger partial charge in [0.2, 0.25) is 5.76 Å². The van der Waals surface area contributed by atoms with Crippen LogP contribution in [0.3, 0.4) is 0 Å². The number of halogens is 3. The van der Waals surface area contributed by atoms with Gasteiger partial charge in [0, 0.05) is 12.3 Å². The van der Waals surface area contributed by atoms with E-state index >= 15 is 0 Å². The van der Waals surface area contributed by atoms with E-state index in [1.165, 1.54) is 23.0 Å². The fraction of sp³-hybridized carbons (Fsp3) is 0.269. The number of nitrogens with zero attached hydrogens (tertiary/aromatic N) is 4. The van der Waals surface area contributed by atoms with Crippen molar-refractivity contribution in [2.24, 2.45) is 0 Å². The fourth-order valence-corrected chi connectivity index (χ4v) is 5.07. The number of alkyl halides is 3. The Bertz CT molecular complexity index is 1580. The molecule has 1 atom stereocenters. The highest BCUT2D eigenvalue weighted by molar-refractivity contribution is 6.10. The summed E-state index contributed by atoms with van der Waals surface area (Å²) in [5, 5.41) is 14.0. The van der Waals surface area contributed by atoms with Gasteiger partial charge in [0.25, 0.3) is 11.8 Å². The Morgan fingerprint density at radius 3 is 2.82 bits per heavy atom. The van der Waals surface area contributed by atoms with Crippen LogP contribution in [0.25, 0.3) is 11.4 Å². The van der Waals surface area contributed by atoms with Gasteiger partial charge in [0.1, 0.15) is 17.1 Å². The minimum Gasteiger partial charge on any atom is -0.484 e. The predicted octanol–water partition coefficient (Wildman–Crippen LogP) is 4.02. The summed E-state index contributed by atoms with van der Waals surface area (Å²) in [5.74, 6) is -1.01. The third-order valence-electron chi connectivity index (χ3n) is 6.81. The summed E-state index contributed by atoms with van der Waals surface area (Å²) < 4.78 is 49.2. The summed E-state index contributed by atoms with van der Waals surface area (Å²) in [6, 6.07) is 9.70. The number of aryl methyl sites for hydroxylation is 2. The SMILES string of the molecule is Cc1ccc(-c2nn3c(c2NC(=O)c2ccno2)C(=O)N[C@]2(CCc4cc(OCC(F)(F)F)ccc42)C3)nc1. The molecule has 0 fully saturated rings. The van der Waals surface area contributed by atoms with Crippen LogP contribution >= 0.6 is 0 Å². The fourth-order valence-electron chi connectivity index (χ4n) is 5.07. The van der Waals surface area contributed by atoms with E-state index in [-0.39, 0.29) is 29.4 Å². The van der Waals surface area contributed by atoms with Crippen LogP contribution in [0.15, 0.2) is 53.3 Å². The Hall–Kier alpha value is -4.68. The second-order valence-electron chi connectivity index (χ2n) is 9.54. The Kier molecular flexibility index (Phi) is 5.66. The predicted molar refractivity (Wildman–Crippen MR) is 130 cm³/mol. The van der Waals surface area contributed by atoms with E-state index in [0.717, 1.165) is 16.7 Å². The van der Waals surface area contributed by atoms with Gasteiger partial charge in [-0.1, -0.05) is 17.3 Å². The van der Waals surface area contributed by atoms with Gasteiger partial charge in [-0.25, -0.2) is 0 Å². The number of nitrogens with one attached hydrogen (secondary N) is 2. The molecule has 2 aliphatic rings. The zero-order chi connectivity index (χ0) is 27.4. The normalized spacial score (nSPS) is 18.0. The lowest BCUT2D eigenvalue weighted by Gasteiger charge is -2.36. The molecule has 1 aromatic carbocycles. The molecule has 0 bridgehead atoms. The topological polar surface area (TPSA) is 124 Å². The van der Waals surface area contributed by atoms with Gasteiger partial charge in [-0.2, -0.15) is 18.3 Å². The summed E-state index contributed by atoms with van der Waals surface area (Å²) in [4.78, 5) is 30.9. The summed E-state index contributed by atoms with van der Waals surface area (Å²) in [6.45, 7) is 0.736. The van der Waals surface area contributed by atoms with Gasteiger partial charge in [-0.05, 0) is 54.7 Å². The number of hydrogen-bond acceptors (Lipinski definition) is 7. The van der Waals surface area contributed by atoms with Crippen LogP contribution in [0, 0.1) is 6.92 Å². The monoisotopic (exact) mass is 538 g/mol. The Morgan fingerprint density at radius 1 is 1.26 bits per heavy atom.